The van der Waals surface area contributed by atoms with Crippen molar-refractivity contribution in [2.45, 2.75) is 119 Å². The molecule has 16 nitrogen and oxygen atoms in total. The third-order valence-corrected chi connectivity index (χ3v) is 9.83. The zero-order valence-electron chi connectivity index (χ0n) is 32.3. The summed E-state index contributed by atoms with van der Waals surface area (Å²) in [7, 11) is 0. The third kappa shape index (κ3) is 13.5. The first-order chi connectivity index (χ1) is 24.3. The largest absolute Gasteiger partial charge is 0.502 e. The van der Waals surface area contributed by atoms with Crippen LogP contribution in [0.2, 0.25) is 0 Å². The Morgan fingerprint density at radius 2 is 1.09 bits per heavy atom. The number of aromatic hydroxyl groups is 1. The van der Waals surface area contributed by atoms with Crippen molar-refractivity contribution in [1.82, 2.24) is 0 Å². The minimum atomic E-state index is -0.936. The van der Waals surface area contributed by atoms with Crippen LogP contribution in [0.5, 0.6) is 17.2 Å². The number of aryl methyl sites for hydroxylation is 2. The molecule has 3 N–H and O–H groups in total. The van der Waals surface area contributed by atoms with Crippen LogP contribution >= 0.6 is 0 Å². The van der Waals surface area contributed by atoms with Crippen molar-refractivity contribution in [3.05, 3.63) is 61.4 Å². The number of nitrogens with zero attached hydrogens (tertiary/aromatic N) is 2. The average Bonchev–Trinajstić information content (AvgIpc) is 3.05. The molecule has 2 aliphatic heterocycles. The second-order valence-corrected chi connectivity index (χ2v) is 13.4. The fourth-order valence-corrected chi connectivity index (χ4v) is 6.45. The Morgan fingerprint density at radius 1 is 0.727 bits per heavy atom. The van der Waals surface area contributed by atoms with E-state index in [0.29, 0.717) is 11.1 Å². The molecule has 0 aliphatic carbocycles. The van der Waals surface area contributed by atoms with Crippen molar-refractivity contribution in [1.29, 1.82) is 0 Å². The standard InChI is InChI=1S/C18H24FNO6.C18H25NO7.2Ar.H2O/c1-6-15-10(3)11(4)17(24-12(5)21)18(25-15)26-16-8-14(20(22)23)13(19)7-9(16)2;1-6-15-10(3)11(4)17(24-12(5)20)18(25-15)26-16-8-13(19(22)23)14(21)7-9(16)2;;;/h7-8,10-11,15,17-18H,6H2,1-5H3;7-8,10-11,15,17-18,21H,6H2,1-5H3;;;1H2. The van der Waals surface area contributed by atoms with Gasteiger partial charge >= 0.3 is 23.3 Å². The summed E-state index contributed by atoms with van der Waals surface area (Å²) in [6.45, 7) is 17.8. The molecule has 10 unspecified atom stereocenters. The van der Waals surface area contributed by atoms with Crippen molar-refractivity contribution in [2.75, 3.05) is 0 Å². The molecule has 55 heavy (non-hydrogen) atoms. The zero-order chi connectivity index (χ0) is 39.2. The Bertz CT molecular complexity index is 1520. The van der Waals surface area contributed by atoms with Crippen molar-refractivity contribution < 1.29 is 138 Å². The number of rotatable bonds is 10. The number of nitro benzene ring substituents is 2. The fourth-order valence-electron chi connectivity index (χ4n) is 6.45. The predicted octanol–water partition coefficient (Wildman–Crippen LogP) is 6.26. The van der Waals surface area contributed by atoms with Gasteiger partial charge < -0.3 is 39.0 Å². The second kappa shape index (κ2) is 23.3. The predicted molar refractivity (Wildman–Crippen MR) is 188 cm³/mol. The minimum Gasteiger partial charge on any atom is -0.502 e. The van der Waals surface area contributed by atoms with Crippen LogP contribution in [-0.2, 0) is 28.5 Å². The van der Waals surface area contributed by atoms with Crippen molar-refractivity contribution >= 4 is 23.3 Å². The molecule has 10 atom stereocenters. The van der Waals surface area contributed by atoms with Gasteiger partial charge in [-0.3, -0.25) is 29.8 Å². The molecule has 2 aromatic rings. The minimum absolute atomic E-state index is 0. The molecule has 312 valence electrons. The van der Waals surface area contributed by atoms with E-state index in [-0.39, 0.29) is 128 Å². The summed E-state index contributed by atoms with van der Waals surface area (Å²) < 4.78 is 48.2. The van der Waals surface area contributed by atoms with Crippen LogP contribution in [-0.4, -0.2) is 69.4 Å². The van der Waals surface area contributed by atoms with E-state index in [1.54, 1.807) is 13.8 Å². The number of halogens is 1. The number of ether oxygens (including phenoxy) is 6. The molecule has 2 aliphatic rings. The maximum absolute atomic E-state index is 13.7. The van der Waals surface area contributed by atoms with Crippen LogP contribution in [0.1, 0.15) is 79.4 Å². The first kappa shape index (κ1) is 52.9. The Kier molecular flexibility index (Phi) is 22.5. The van der Waals surface area contributed by atoms with E-state index in [0.717, 1.165) is 31.0 Å². The molecule has 0 aromatic heterocycles. The molecule has 2 heterocycles. The quantitative estimate of drug-likeness (QED) is 0.159. The summed E-state index contributed by atoms with van der Waals surface area (Å²) in [6.07, 6.45) is -1.84. The first-order valence-electron chi connectivity index (χ1n) is 17.2. The molecule has 2 aromatic carbocycles. The number of phenolic OH excluding ortho intramolecular Hbond substituents is 1. The molecule has 2 fully saturated rings. The van der Waals surface area contributed by atoms with Gasteiger partial charge in [-0.2, -0.15) is 4.39 Å². The first-order valence-corrected chi connectivity index (χ1v) is 17.2. The molecular weight excluding hydrogens is 783 g/mol. The second-order valence-electron chi connectivity index (χ2n) is 13.4. The van der Waals surface area contributed by atoms with Gasteiger partial charge in [-0.25, -0.2) is 0 Å². The van der Waals surface area contributed by atoms with Crippen LogP contribution in [0.15, 0.2) is 24.3 Å². The van der Waals surface area contributed by atoms with Crippen molar-refractivity contribution in [3.63, 3.8) is 0 Å². The fraction of sp³-hybridized carbons (Fsp3) is 0.611. The summed E-state index contributed by atoms with van der Waals surface area (Å²) >= 11 is 0. The Morgan fingerprint density at radius 3 is 1.44 bits per heavy atom. The molecule has 4 rings (SSSR count). The maximum atomic E-state index is 13.7. The van der Waals surface area contributed by atoms with Gasteiger partial charge in [0.2, 0.25) is 18.4 Å². The van der Waals surface area contributed by atoms with Gasteiger partial charge in [0.05, 0.1) is 34.2 Å². The molecule has 0 spiro atoms. The van der Waals surface area contributed by atoms with Crippen LogP contribution < -0.4 is 9.47 Å². The number of benzene rings is 2. The van der Waals surface area contributed by atoms with Crippen molar-refractivity contribution in [3.8, 4) is 17.2 Å². The van der Waals surface area contributed by atoms with Gasteiger partial charge in [-0.15, -0.1) is 0 Å². The van der Waals surface area contributed by atoms with Gasteiger partial charge in [0.15, 0.2) is 18.0 Å². The van der Waals surface area contributed by atoms with Crippen LogP contribution in [0, 0.1) is 139 Å². The van der Waals surface area contributed by atoms with E-state index in [9.17, 15) is 39.3 Å². The molecule has 0 amide bonds. The van der Waals surface area contributed by atoms with Gasteiger partial charge in [0.25, 0.3) is 0 Å². The Balaban J connectivity index is 0.00000101. The average molecular weight is 835 g/mol. The number of carbonyl (C=O) groups excluding carboxylic acids is 2. The molecule has 0 saturated carbocycles. The SMILES string of the molecule is CCC1OC(Oc2cc([N+](=O)[O-])c(F)cc2C)C(OC(C)=O)C(C)C1C.CCC1OC(Oc2cc([N+](=O)[O-])c(O)cc2C)C(OC(C)=O)C(C)C1C.O.[Ar].[Ar]. The normalized spacial score (nSPS) is 26.9. The number of phenols is 1. The summed E-state index contributed by atoms with van der Waals surface area (Å²) in [5.41, 5.74) is -0.243. The summed E-state index contributed by atoms with van der Waals surface area (Å²) in [5, 5.41) is 31.8. The monoisotopic (exact) mass is 834 g/mol. The Labute approximate surface area is 379 Å². The molecule has 19 heteroatoms. The van der Waals surface area contributed by atoms with E-state index in [1.807, 2.05) is 41.5 Å². The summed E-state index contributed by atoms with van der Waals surface area (Å²) in [5.74, 6) is -1.74. The van der Waals surface area contributed by atoms with Gasteiger partial charge in [0, 0.05) is 101 Å². The smallest absolute Gasteiger partial charge is 0.314 e. The number of hydrogen-bond acceptors (Lipinski definition) is 13. The van der Waals surface area contributed by atoms with E-state index in [2.05, 4.69) is 0 Å². The van der Waals surface area contributed by atoms with Gasteiger partial charge in [-0.1, -0.05) is 41.5 Å². The molecular formula is C36H51Ar2FN2O14. The number of carbonyl (C=O) groups is 2. The number of nitro groups is 2. The maximum Gasteiger partial charge on any atom is 0.314 e. The third-order valence-electron chi connectivity index (χ3n) is 9.83. The molecule has 0 bridgehead atoms. The number of hydrogen-bond donors (Lipinski definition) is 1. The van der Waals surface area contributed by atoms with E-state index in [1.165, 1.54) is 19.9 Å². The topological polar surface area (TPSA) is 228 Å². The van der Waals surface area contributed by atoms with E-state index < -0.39 is 69.5 Å². The van der Waals surface area contributed by atoms with Crippen LogP contribution in [0.25, 0.3) is 0 Å². The molecule has 0 radical (unpaired) electrons. The van der Waals surface area contributed by atoms with Crippen LogP contribution in [0.4, 0.5) is 15.8 Å². The van der Waals surface area contributed by atoms with Crippen LogP contribution in [0.3, 0.4) is 0 Å². The van der Waals surface area contributed by atoms with E-state index >= 15 is 0 Å². The molecule has 2 saturated heterocycles. The van der Waals surface area contributed by atoms with Gasteiger partial charge in [0.1, 0.15) is 11.5 Å². The Hall–Kier alpha value is -2.09. The van der Waals surface area contributed by atoms with Gasteiger partial charge in [-0.05, 0) is 61.8 Å². The van der Waals surface area contributed by atoms with E-state index in [4.69, 9.17) is 28.4 Å². The summed E-state index contributed by atoms with van der Waals surface area (Å²) in [4.78, 5) is 43.6. The zero-order valence-corrected chi connectivity index (χ0v) is 33.7. The van der Waals surface area contributed by atoms with Crippen molar-refractivity contribution in [2.24, 2.45) is 23.7 Å². The summed E-state index contributed by atoms with van der Waals surface area (Å²) in [6, 6.07) is 4.49. The number of esters is 2.